The molecule has 0 spiro atoms. The van der Waals surface area contributed by atoms with Crippen molar-refractivity contribution in [1.29, 1.82) is 0 Å². The van der Waals surface area contributed by atoms with E-state index < -0.39 is 11.8 Å². The third-order valence-electron chi connectivity index (χ3n) is 8.21. The lowest BCUT2D eigenvalue weighted by molar-refractivity contribution is 0.0838. The van der Waals surface area contributed by atoms with E-state index in [0.717, 1.165) is 54.7 Å². The maximum absolute atomic E-state index is 12.8. The van der Waals surface area contributed by atoms with Crippen molar-refractivity contribution in [2.45, 2.75) is 25.4 Å². The van der Waals surface area contributed by atoms with Gasteiger partial charge in [0.2, 0.25) is 0 Å². The molecular formula is C33H33N3O5. The van der Waals surface area contributed by atoms with Crippen molar-refractivity contribution in [2.24, 2.45) is 5.92 Å². The molecule has 41 heavy (non-hydrogen) atoms. The van der Waals surface area contributed by atoms with E-state index in [1.807, 2.05) is 72.8 Å². The minimum atomic E-state index is -0.932. The van der Waals surface area contributed by atoms with Gasteiger partial charge < -0.3 is 19.2 Å². The lowest BCUT2D eigenvalue weighted by Gasteiger charge is -2.48. The molecule has 8 heteroatoms. The molecular weight excluding hydrogens is 518 g/mol. The van der Waals surface area contributed by atoms with Gasteiger partial charge in [-0.3, -0.25) is 9.47 Å². The molecule has 4 aromatic rings. The van der Waals surface area contributed by atoms with Crippen molar-refractivity contribution in [3.63, 3.8) is 0 Å². The zero-order valence-corrected chi connectivity index (χ0v) is 23.0. The Bertz CT molecular complexity index is 1660. The van der Waals surface area contributed by atoms with E-state index in [2.05, 4.69) is 4.90 Å². The van der Waals surface area contributed by atoms with Crippen molar-refractivity contribution in [2.75, 3.05) is 31.6 Å². The third kappa shape index (κ3) is 5.43. The topological polar surface area (TPSA) is 88.2 Å². The van der Waals surface area contributed by atoms with Crippen LogP contribution in [0.4, 0.5) is 10.5 Å². The Hall–Kier alpha value is -4.56. The van der Waals surface area contributed by atoms with E-state index >= 15 is 0 Å². The Kier molecular flexibility index (Phi) is 7.48. The fraction of sp³-hybridized carbons (Fsp3) is 0.273. The smallest absolute Gasteiger partial charge is 0.420 e. The molecule has 0 aliphatic carbocycles. The van der Waals surface area contributed by atoms with E-state index in [4.69, 9.17) is 9.15 Å². The number of oxazole rings is 1. The Morgan fingerprint density at radius 1 is 1.05 bits per heavy atom. The highest BCUT2D eigenvalue weighted by atomic mass is 16.5. The molecule has 0 unspecified atom stereocenters. The van der Waals surface area contributed by atoms with Crippen molar-refractivity contribution in [1.82, 2.24) is 9.47 Å². The summed E-state index contributed by atoms with van der Waals surface area (Å²) in [5.74, 6) is -0.0808. The Morgan fingerprint density at radius 3 is 2.51 bits per heavy atom. The number of hydrogen-bond donors (Lipinski definition) is 1. The van der Waals surface area contributed by atoms with Gasteiger partial charge >= 0.3 is 11.8 Å². The normalized spacial score (nSPS) is 20.3. The molecule has 4 heterocycles. The summed E-state index contributed by atoms with van der Waals surface area (Å²) in [7, 11) is 1.58. The SMILES string of the molecule is CO/C=C/c1ccc2c(c1)oc(=O)n2C/C=C/c1ccc(-c2ccccc2)c(N(C(=O)O)[C@H]2CN3CCC2CC3)c1. The minimum absolute atomic E-state index is 0.0869. The highest BCUT2D eigenvalue weighted by Gasteiger charge is 2.40. The predicted octanol–water partition coefficient (Wildman–Crippen LogP) is 6.17. The summed E-state index contributed by atoms with van der Waals surface area (Å²) >= 11 is 0. The van der Waals surface area contributed by atoms with Gasteiger partial charge in [-0.05, 0) is 72.8 Å². The van der Waals surface area contributed by atoms with Crippen LogP contribution >= 0.6 is 0 Å². The van der Waals surface area contributed by atoms with Gasteiger partial charge in [-0.1, -0.05) is 60.7 Å². The van der Waals surface area contributed by atoms with E-state index in [-0.39, 0.29) is 6.04 Å². The molecule has 3 saturated heterocycles. The number of benzene rings is 3. The van der Waals surface area contributed by atoms with Gasteiger partial charge in [-0.2, -0.15) is 0 Å². The largest absolute Gasteiger partial charge is 0.504 e. The number of carboxylic acid groups (broad SMARTS) is 1. The lowest BCUT2D eigenvalue weighted by atomic mass is 9.82. The average Bonchev–Trinajstić information content (AvgIpc) is 3.31. The number of aromatic nitrogens is 1. The van der Waals surface area contributed by atoms with Crippen molar-refractivity contribution >= 4 is 35.0 Å². The fourth-order valence-corrected chi connectivity index (χ4v) is 6.16. The number of allylic oxidation sites excluding steroid dienone is 1. The Morgan fingerprint density at radius 2 is 1.80 bits per heavy atom. The molecule has 3 aliphatic rings. The van der Waals surface area contributed by atoms with Gasteiger partial charge in [0.25, 0.3) is 0 Å². The fourth-order valence-electron chi connectivity index (χ4n) is 6.16. The van der Waals surface area contributed by atoms with Gasteiger partial charge in [-0.15, -0.1) is 0 Å². The number of nitrogens with zero attached hydrogens (tertiary/aromatic N) is 3. The Balaban J connectivity index is 1.33. The van der Waals surface area contributed by atoms with Crippen LogP contribution in [0.1, 0.15) is 24.0 Å². The molecule has 1 atom stereocenters. The molecule has 7 rings (SSSR count). The van der Waals surface area contributed by atoms with Crippen LogP contribution in [0.3, 0.4) is 0 Å². The summed E-state index contributed by atoms with van der Waals surface area (Å²) in [6, 6.07) is 21.3. The lowest BCUT2D eigenvalue weighted by Crippen LogP contribution is -2.59. The molecule has 3 fully saturated rings. The van der Waals surface area contributed by atoms with Crippen LogP contribution in [0.25, 0.3) is 34.4 Å². The molecule has 1 amide bonds. The second-order valence-electron chi connectivity index (χ2n) is 10.6. The molecule has 210 valence electrons. The maximum atomic E-state index is 12.8. The Labute approximate surface area is 238 Å². The number of fused-ring (bicyclic) bond motifs is 4. The summed E-state index contributed by atoms with van der Waals surface area (Å²) < 4.78 is 12.0. The molecule has 0 saturated carbocycles. The quantitative estimate of drug-likeness (QED) is 0.264. The zero-order chi connectivity index (χ0) is 28.3. The highest BCUT2D eigenvalue weighted by Crippen LogP contribution is 2.39. The number of anilines is 1. The van der Waals surface area contributed by atoms with Crippen molar-refractivity contribution < 1.29 is 19.1 Å². The number of hydrogen-bond acceptors (Lipinski definition) is 5. The van der Waals surface area contributed by atoms with Crippen LogP contribution in [0.5, 0.6) is 0 Å². The molecule has 3 aromatic carbocycles. The zero-order valence-electron chi connectivity index (χ0n) is 23.0. The molecule has 1 N–H and O–H groups in total. The van der Waals surface area contributed by atoms with E-state index in [9.17, 15) is 14.7 Å². The summed E-state index contributed by atoms with van der Waals surface area (Å²) in [6.07, 6.45) is 8.30. The highest BCUT2D eigenvalue weighted by molar-refractivity contribution is 5.94. The standard InChI is InChI=1S/C33H33N3O5/c1-40-19-15-24-10-12-28-31(21-24)41-33(39)35(28)16-5-6-23-9-11-27(25-7-3-2-4-8-25)29(20-23)36(32(37)38)30-22-34-17-13-26(30)14-18-34/h2-12,15,19-21,26,30H,13-14,16-18,22H2,1H3,(H,37,38)/b6-5+,19-15+/t30-/m0/s1. The van der Waals surface area contributed by atoms with Crippen LogP contribution in [0.15, 0.2) is 88.3 Å². The summed E-state index contributed by atoms with van der Waals surface area (Å²) in [4.78, 5) is 29.4. The van der Waals surface area contributed by atoms with Crippen molar-refractivity contribution in [3.05, 3.63) is 101 Å². The first-order valence-electron chi connectivity index (χ1n) is 13.9. The monoisotopic (exact) mass is 551 g/mol. The molecule has 2 bridgehead atoms. The number of carbonyl (C=O) groups is 1. The summed E-state index contributed by atoms with van der Waals surface area (Å²) in [5, 5.41) is 10.5. The van der Waals surface area contributed by atoms with Crippen LogP contribution in [-0.2, 0) is 11.3 Å². The number of rotatable bonds is 8. The summed E-state index contributed by atoms with van der Waals surface area (Å²) in [6.45, 7) is 3.15. The first kappa shape index (κ1) is 26.7. The van der Waals surface area contributed by atoms with Gasteiger partial charge in [-0.25, -0.2) is 9.59 Å². The summed E-state index contributed by atoms with van der Waals surface area (Å²) in [5.41, 5.74) is 5.48. The van der Waals surface area contributed by atoms with Gasteiger partial charge in [0.05, 0.1) is 30.6 Å². The molecule has 3 aliphatic heterocycles. The third-order valence-corrected chi connectivity index (χ3v) is 8.21. The molecule has 8 nitrogen and oxygen atoms in total. The first-order valence-corrected chi connectivity index (χ1v) is 13.9. The van der Waals surface area contributed by atoms with Gasteiger partial charge in [0, 0.05) is 18.7 Å². The molecule has 1 aromatic heterocycles. The van der Waals surface area contributed by atoms with E-state index in [1.54, 1.807) is 35.0 Å². The van der Waals surface area contributed by atoms with Crippen LogP contribution in [0.2, 0.25) is 0 Å². The molecule has 0 radical (unpaired) electrons. The van der Waals surface area contributed by atoms with Crippen LogP contribution in [0, 0.1) is 5.92 Å². The number of methoxy groups -OCH3 is 1. The van der Waals surface area contributed by atoms with Gasteiger partial charge in [0.1, 0.15) is 0 Å². The van der Waals surface area contributed by atoms with Crippen LogP contribution < -0.4 is 10.7 Å². The average molecular weight is 552 g/mol. The second-order valence-corrected chi connectivity index (χ2v) is 10.6. The van der Waals surface area contributed by atoms with Gasteiger partial charge in [0.15, 0.2) is 5.58 Å². The predicted molar refractivity (Wildman–Crippen MR) is 161 cm³/mol. The van der Waals surface area contributed by atoms with E-state index in [1.165, 1.54) is 0 Å². The number of ether oxygens (including phenoxy) is 1. The number of amides is 1. The van der Waals surface area contributed by atoms with Crippen LogP contribution in [-0.4, -0.2) is 53.5 Å². The van der Waals surface area contributed by atoms with Crippen molar-refractivity contribution in [3.8, 4) is 11.1 Å². The number of piperidine rings is 3. The maximum Gasteiger partial charge on any atom is 0.420 e. The first-order chi connectivity index (χ1) is 20.0. The van der Waals surface area contributed by atoms with E-state index in [0.29, 0.717) is 29.2 Å². The minimum Gasteiger partial charge on any atom is -0.504 e. The second kappa shape index (κ2) is 11.5.